The van der Waals surface area contributed by atoms with Gasteiger partial charge in [-0.15, -0.1) is 0 Å². The van der Waals surface area contributed by atoms with Gasteiger partial charge < -0.3 is 10.1 Å². The first-order chi connectivity index (χ1) is 13.6. The van der Waals surface area contributed by atoms with Gasteiger partial charge in [-0.1, -0.05) is 42.5 Å². The molecule has 1 saturated carbocycles. The van der Waals surface area contributed by atoms with Crippen molar-refractivity contribution in [2.75, 3.05) is 6.61 Å². The second-order valence-electron chi connectivity index (χ2n) is 6.90. The number of rotatable bonds is 6. The van der Waals surface area contributed by atoms with E-state index in [0.29, 0.717) is 11.3 Å². The van der Waals surface area contributed by atoms with Crippen molar-refractivity contribution in [3.63, 3.8) is 0 Å². The summed E-state index contributed by atoms with van der Waals surface area (Å²) in [5.41, 5.74) is 3.56. The number of amides is 1. The smallest absolute Gasteiger partial charge is 0.342 e. The highest BCUT2D eigenvalue weighted by atomic mass is 16.5. The number of hydrogen-bond acceptors (Lipinski definition) is 4. The Morgan fingerprint density at radius 1 is 1.11 bits per heavy atom. The molecule has 6 heteroatoms. The molecule has 2 aromatic carbocycles. The normalized spacial score (nSPS) is 13.2. The number of para-hydroxylation sites is 1. The van der Waals surface area contributed by atoms with Crippen LogP contribution in [0.2, 0.25) is 0 Å². The summed E-state index contributed by atoms with van der Waals surface area (Å²) in [4.78, 5) is 24.6. The maximum absolute atomic E-state index is 12.7. The van der Waals surface area contributed by atoms with E-state index in [0.717, 1.165) is 29.7 Å². The van der Waals surface area contributed by atoms with Crippen LogP contribution in [0.3, 0.4) is 0 Å². The second-order valence-corrected chi connectivity index (χ2v) is 6.90. The molecule has 4 rings (SSSR count). The summed E-state index contributed by atoms with van der Waals surface area (Å²) in [6.45, 7) is 1.67. The van der Waals surface area contributed by atoms with Crippen LogP contribution in [0.25, 0.3) is 16.9 Å². The average molecular weight is 375 g/mol. The summed E-state index contributed by atoms with van der Waals surface area (Å²) in [5, 5.41) is 7.44. The van der Waals surface area contributed by atoms with Gasteiger partial charge in [0.05, 0.1) is 5.69 Å². The van der Waals surface area contributed by atoms with Gasteiger partial charge in [0, 0.05) is 17.8 Å². The summed E-state index contributed by atoms with van der Waals surface area (Å²) < 4.78 is 6.92. The third-order valence-corrected chi connectivity index (χ3v) is 4.63. The fourth-order valence-electron chi connectivity index (χ4n) is 2.98. The number of carbonyl (C=O) groups excluding carboxylic acids is 2. The van der Waals surface area contributed by atoms with Crippen LogP contribution < -0.4 is 5.32 Å². The number of esters is 1. The molecule has 1 aliphatic carbocycles. The summed E-state index contributed by atoms with van der Waals surface area (Å²) in [5.74, 6) is -0.838. The number of carbonyl (C=O) groups is 2. The van der Waals surface area contributed by atoms with Crippen LogP contribution in [0.15, 0.2) is 60.8 Å². The van der Waals surface area contributed by atoms with Gasteiger partial charge in [0.15, 0.2) is 6.61 Å². The van der Waals surface area contributed by atoms with Gasteiger partial charge in [-0.3, -0.25) is 4.79 Å². The van der Waals surface area contributed by atoms with Gasteiger partial charge in [-0.05, 0) is 37.5 Å². The molecule has 1 aliphatic rings. The minimum atomic E-state index is -0.564. The van der Waals surface area contributed by atoms with Gasteiger partial charge in [0.1, 0.15) is 11.3 Å². The first-order valence-corrected chi connectivity index (χ1v) is 9.29. The van der Waals surface area contributed by atoms with Crippen molar-refractivity contribution in [2.45, 2.75) is 25.8 Å². The van der Waals surface area contributed by atoms with Crippen LogP contribution in [0, 0.1) is 6.92 Å². The Hall–Kier alpha value is -3.41. The summed E-state index contributed by atoms with van der Waals surface area (Å²) in [7, 11) is 0. The standard InChI is InChI=1S/C22H21N3O3/c1-15-7-5-6-10-18(15)21-19(13-25(24-21)17-8-3-2-4-9-17)22(27)28-14-20(26)23-16-11-12-16/h2-10,13,16H,11-12,14H2,1H3,(H,23,26). The Morgan fingerprint density at radius 3 is 2.54 bits per heavy atom. The van der Waals surface area contributed by atoms with Crippen molar-refractivity contribution in [2.24, 2.45) is 0 Å². The molecule has 0 aliphatic heterocycles. The molecular formula is C22H21N3O3. The van der Waals surface area contributed by atoms with E-state index in [1.54, 1.807) is 10.9 Å². The lowest BCUT2D eigenvalue weighted by Gasteiger charge is -2.07. The van der Waals surface area contributed by atoms with Gasteiger partial charge in [-0.25, -0.2) is 9.48 Å². The van der Waals surface area contributed by atoms with Gasteiger partial charge in [0.2, 0.25) is 0 Å². The van der Waals surface area contributed by atoms with E-state index >= 15 is 0 Å². The Kier molecular flexibility index (Phi) is 4.93. The van der Waals surface area contributed by atoms with Crippen LogP contribution in [0.5, 0.6) is 0 Å². The molecule has 0 radical (unpaired) electrons. The summed E-state index contributed by atoms with van der Waals surface area (Å²) in [6, 6.07) is 17.5. The topological polar surface area (TPSA) is 73.2 Å². The average Bonchev–Trinajstić information content (AvgIpc) is 3.41. The Bertz CT molecular complexity index is 1010. The number of benzene rings is 2. The molecule has 0 unspecified atom stereocenters. The minimum absolute atomic E-state index is 0.231. The van der Waals surface area contributed by atoms with E-state index in [1.165, 1.54) is 0 Å². The largest absolute Gasteiger partial charge is 0.452 e. The van der Waals surface area contributed by atoms with Crippen molar-refractivity contribution in [3.05, 3.63) is 71.9 Å². The number of ether oxygens (including phenoxy) is 1. The molecule has 1 heterocycles. The molecule has 142 valence electrons. The highest BCUT2D eigenvalue weighted by molar-refractivity contribution is 5.97. The Morgan fingerprint density at radius 2 is 1.82 bits per heavy atom. The molecule has 6 nitrogen and oxygen atoms in total. The van der Waals surface area contributed by atoms with Crippen LogP contribution in [-0.2, 0) is 9.53 Å². The molecule has 1 amide bonds. The Balaban J connectivity index is 1.64. The third-order valence-electron chi connectivity index (χ3n) is 4.63. The highest BCUT2D eigenvalue weighted by Crippen LogP contribution is 2.27. The Labute approximate surface area is 163 Å². The molecule has 28 heavy (non-hydrogen) atoms. The highest BCUT2D eigenvalue weighted by Gasteiger charge is 2.25. The maximum atomic E-state index is 12.7. The molecule has 1 fully saturated rings. The zero-order valence-corrected chi connectivity index (χ0v) is 15.6. The molecule has 0 atom stereocenters. The fourth-order valence-corrected chi connectivity index (χ4v) is 2.98. The van der Waals surface area contributed by atoms with Crippen LogP contribution in [0.1, 0.15) is 28.8 Å². The van der Waals surface area contributed by atoms with Crippen molar-refractivity contribution < 1.29 is 14.3 Å². The van der Waals surface area contributed by atoms with E-state index in [-0.39, 0.29) is 18.6 Å². The lowest BCUT2D eigenvalue weighted by atomic mass is 10.0. The van der Waals surface area contributed by atoms with Crippen LogP contribution >= 0.6 is 0 Å². The van der Waals surface area contributed by atoms with E-state index in [4.69, 9.17) is 4.74 Å². The molecular weight excluding hydrogens is 354 g/mol. The monoisotopic (exact) mass is 375 g/mol. The molecule has 1 aromatic heterocycles. The maximum Gasteiger partial charge on any atom is 0.342 e. The van der Waals surface area contributed by atoms with Gasteiger partial charge >= 0.3 is 5.97 Å². The predicted molar refractivity (Wildman–Crippen MR) is 105 cm³/mol. The number of nitrogens with one attached hydrogen (secondary N) is 1. The quantitative estimate of drug-likeness (QED) is 0.671. The molecule has 0 saturated heterocycles. The molecule has 3 aromatic rings. The van der Waals surface area contributed by atoms with Crippen LogP contribution in [0.4, 0.5) is 0 Å². The lowest BCUT2D eigenvalue weighted by Crippen LogP contribution is -2.30. The van der Waals surface area contributed by atoms with Crippen molar-refractivity contribution in [1.82, 2.24) is 15.1 Å². The van der Waals surface area contributed by atoms with E-state index in [1.807, 2.05) is 61.5 Å². The summed E-state index contributed by atoms with van der Waals surface area (Å²) >= 11 is 0. The first-order valence-electron chi connectivity index (χ1n) is 9.29. The number of aromatic nitrogens is 2. The lowest BCUT2D eigenvalue weighted by molar-refractivity contribution is -0.124. The number of hydrogen-bond donors (Lipinski definition) is 1. The first kappa shape index (κ1) is 18.0. The van der Waals surface area contributed by atoms with Gasteiger partial charge in [0.25, 0.3) is 5.91 Å². The van der Waals surface area contributed by atoms with E-state index in [9.17, 15) is 9.59 Å². The number of aryl methyl sites for hydroxylation is 1. The van der Waals surface area contributed by atoms with Crippen molar-refractivity contribution in [1.29, 1.82) is 0 Å². The fraction of sp³-hybridized carbons (Fsp3) is 0.227. The third kappa shape index (κ3) is 3.96. The molecule has 1 N–H and O–H groups in total. The van der Waals surface area contributed by atoms with Gasteiger partial charge in [-0.2, -0.15) is 5.10 Å². The minimum Gasteiger partial charge on any atom is -0.452 e. The molecule has 0 spiro atoms. The number of nitrogens with zero attached hydrogens (tertiary/aromatic N) is 2. The zero-order valence-electron chi connectivity index (χ0n) is 15.6. The van der Waals surface area contributed by atoms with Crippen molar-refractivity contribution in [3.8, 4) is 16.9 Å². The second kappa shape index (κ2) is 7.68. The molecule has 0 bridgehead atoms. The SMILES string of the molecule is Cc1ccccc1-c1nn(-c2ccccc2)cc1C(=O)OCC(=O)NC1CC1. The summed E-state index contributed by atoms with van der Waals surface area (Å²) in [6.07, 6.45) is 3.63. The predicted octanol–water partition coefficient (Wildman–Crippen LogP) is 3.28. The van der Waals surface area contributed by atoms with Crippen molar-refractivity contribution >= 4 is 11.9 Å². The van der Waals surface area contributed by atoms with E-state index < -0.39 is 5.97 Å². The van der Waals surface area contributed by atoms with Crippen LogP contribution in [-0.4, -0.2) is 34.3 Å². The zero-order chi connectivity index (χ0) is 19.5. The van der Waals surface area contributed by atoms with E-state index in [2.05, 4.69) is 10.4 Å².